The molecule has 0 saturated heterocycles. The van der Waals surface area contributed by atoms with Crippen molar-refractivity contribution in [2.75, 3.05) is 6.61 Å². The molecule has 4 aromatic carbocycles. The summed E-state index contributed by atoms with van der Waals surface area (Å²) in [6, 6.07) is 10.4. The number of rotatable bonds is 8. The number of ether oxygens (including phenoxy) is 2. The summed E-state index contributed by atoms with van der Waals surface area (Å²) in [4.78, 5) is 0. The van der Waals surface area contributed by atoms with E-state index in [1.165, 1.54) is 12.1 Å². The monoisotopic (exact) mass is 606 g/mol. The van der Waals surface area contributed by atoms with Gasteiger partial charge in [-0.3, -0.25) is 0 Å². The predicted molar refractivity (Wildman–Crippen MR) is 145 cm³/mol. The molecule has 0 bridgehead atoms. The Hall–Kier alpha value is -3.92. The third-order valence-electron chi connectivity index (χ3n) is 7.60. The fraction of sp³-hybridized carbons (Fsp3) is 0.273. The number of benzene rings is 4. The molecule has 0 spiro atoms. The summed E-state index contributed by atoms with van der Waals surface area (Å²) in [5, 5.41) is 0. The van der Waals surface area contributed by atoms with Crippen LogP contribution in [0.3, 0.4) is 0 Å². The molecule has 1 aliphatic rings. The van der Waals surface area contributed by atoms with Crippen LogP contribution >= 0.6 is 0 Å². The van der Waals surface area contributed by atoms with Crippen molar-refractivity contribution in [3.8, 4) is 28.0 Å². The van der Waals surface area contributed by atoms with Gasteiger partial charge in [-0.05, 0) is 97.7 Å². The number of halogens is 8. The van der Waals surface area contributed by atoms with E-state index in [0.29, 0.717) is 24.8 Å². The van der Waals surface area contributed by atoms with Gasteiger partial charge in [0.2, 0.25) is 0 Å². The zero-order chi connectivity index (χ0) is 30.9. The minimum absolute atomic E-state index is 0.0726. The fourth-order valence-electron chi connectivity index (χ4n) is 5.48. The minimum Gasteiger partial charge on any atom is -0.429 e. The third kappa shape index (κ3) is 6.54. The molecule has 2 nitrogen and oxygen atoms in total. The highest BCUT2D eigenvalue weighted by Gasteiger charge is 2.41. The van der Waals surface area contributed by atoms with Gasteiger partial charge in [0.1, 0.15) is 34.6 Å². The summed E-state index contributed by atoms with van der Waals surface area (Å²) in [7, 11) is 0. The van der Waals surface area contributed by atoms with Crippen LogP contribution in [-0.2, 0) is 10.8 Å². The van der Waals surface area contributed by atoms with Gasteiger partial charge in [-0.15, -0.1) is 0 Å². The first-order valence-corrected chi connectivity index (χ1v) is 13.7. The normalized spacial score (nSPS) is 17.2. The highest BCUT2D eigenvalue weighted by atomic mass is 19.3. The number of alkyl halides is 2. The van der Waals surface area contributed by atoms with Gasteiger partial charge in [0.25, 0.3) is 0 Å². The summed E-state index contributed by atoms with van der Waals surface area (Å²) in [5.74, 6) is -8.36. The molecule has 226 valence electrons. The first-order valence-electron chi connectivity index (χ1n) is 13.7. The molecular formula is C33H26F8O2. The molecule has 1 fully saturated rings. The van der Waals surface area contributed by atoms with Crippen molar-refractivity contribution in [2.24, 2.45) is 0 Å². The summed E-state index contributed by atoms with van der Waals surface area (Å²) in [6.07, 6.45) is -1.15. The Morgan fingerprint density at radius 3 is 1.84 bits per heavy atom. The Morgan fingerprint density at radius 1 is 0.628 bits per heavy atom. The molecule has 0 amide bonds. The van der Waals surface area contributed by atoms with Crippen molar-refractivity contribution >= 4 is 0 Å². The van der Waals surface area contributed by atoms with Gasteiger partial charge in [-0.25, -0.2) is 26.3 Å². The molecule has 1 saturated carbocycles. The van der Waals surface area contributed by atoms with Crippen LogP contribution < -0.4 is 4.74 Å². The average Bonchev–Trinajstić information content (AvgIpc) is 2.94. The van der Waals surface area contributed by atoms with Crippen molar-refractivity contribution < 1.29 is 44.6 Å². The Bertz CT molecular complexity index is 1610. The van der Waals surface area contributed by atoms with Crippen LogP contribution in [-0.4, -0.2) is 12.7 Å². The van der Waals surface area contributed by atoms with Crippen LogP contribution in [0.4, 0.5) is 35.1 Å². The van der Waals surface area contributed by atoms with Gasteiger partial charge in [-0.2, -0.15) is 8.78 Å². The van der Waals surface area contributed by atoms with E-state index < -0.39 is 52.3 Å². The van der Waals surface area contributed by atoms with Gasteiger partial charge < -0.3 is 9.47 Å². The highest BCUT2D eigenvalue weighted by Crippen LogP contribution is 2.40. The maximum atomic E-state index is 15.1. The predicted octanol–water partition coefficient (Wildman–Crippen LogP) is 10.0. The smallest absolute Gasteiger partial charge is 0.429 e. The van der Waals surface area contributed by atoms with Gasteiger partial charge in [-0.1, -0.05) is 18.2 Å². The Balaban J connectivity index is 1.35. The van der Waals surface area contributed by atoms with E-state index in [-0.39, 0.29) is 34.3 Å². The quantitative estimate of drug-likeness (QED) is 0.186. The zero-order valence-corrected chi connectivity index (χ0v) is 22.9. The maximum Gasteiger partial charge on any atom is 0.432 e. The highest BCUT2D eigenvalue weighted by molar-refractivity contribution is 5.66. The lowest BCUT2D eigenvalue weighted by atomic mass is 9.82. The number of hydrogen-bond donors (Lipinski definition) is 0. The van der Waals surface area contributed by atoms with Crippen molar-refractivity contribution in [3.63, 3.8) is 0 Å². The van der Waals surface area contributed by atoms with E-state index in [0.717, 1.165) is 61.6 Å². The summed E-state index contributed by atoms with van der Waals surface area (Å²) >= 11 is 0. The second kappa shape index (κ2) is 12.4. The molecule has 0 atom stereocenters. The van der Waals surface area contributed by atoms with Gasteiger partial charge in [0.05, 0.1) is 6.10 Å². The molecular weight excluding hydrogens is 580 g/mol. The lowest BCUT2D eigenvalue weighted by Gasteiger charge is -2.28. The molecule has 0 heterocycles. The molecule has 0 unspecified atom stereocenters. The molecule has 43 heavy (non-hydrogen) atoms. The largest absolute Gasteiger partial charge is 0.432 e. The molecule has 0 aromatic heterocycles. The standard InChI is InChI=1S/C33H26F8O2/c1-2-42-22-7-3-18(4-8-22)19-5-10-25(27(35)13-19)21-15-30(38)32(31(39)16-21)33(40,41)43-23-9-11-24(28(36)17-23)20-6-12-26(34)29(37)14-20/h5-6,9-18,22H,2-4,7-8H2,1H3. The van der Waals surface area contributed by atoms with Gasteiger partial charge in [0, 0.05) is 23.8 Å². The Labute approximate surface area is 242 Å². The van der Waals surface area contributed by atoms with E-state index >= 15 is 4.39 Å². The zero-order valence-electron chi connectivity index (χ0n) is 22.9. The third-order valence-corrected chi connectivity index (χ3v) is 7.60. The Kier molecular flexibility index (Phi) is 8.78. The second-order valence-corrected chi connectivity index (χ2v) is 10.4. The molecule has 4 aromatic rings. The van der Waals surface area contributed by atoms with Crippen molar-refractivity contribution in [2.45, 2.75) is 50.7 Å². The lowest BCUT2D eigenvalue weighted by molar-refractivity contribution is -0.189. The summed E-state index contributed by atoms with van der Waals surface area (Å²) in [5.41, 5.74) is -1.80. The lowest BCUT2D eigenvalue weighted by Crippen LogP contribution is -2.25. The maximum absolute atomic E-state index is 15.1. The van der Waals surface area contributed by atoms with E-state index in [9.17, 15) is 30.7 Å². The van der Waals surface area contributed by atoms with Crippen LogP contribution in [0.5, 0.6) is 5.75 Å². The fourth-order valence-corrected chi connectivity index (χ4v) is 5.48. The summed E-state index contributed by atoms with van der Waals surface area (Å²) < 4.78 is 126. The van der Waals surface area contributed by atoms with Crippen molar-refractivity contribution in [1.29, 1.82) is 0 Å². The molecule has 10 heteroatoms. The molecule has 5 rings (SSSR count). The van der Waals surface area contributed by atoms with Crippen molar-refractivity contribution in [3.05, 3.63) is 113 Å². The van der Waals surface area contributed by atoms with E-state index in [2.05, 4.69) is 4.74 Å². The molecule has 1 aliphatic carbocycles. The second-order valence-electron chi connectivity index (χ2n) is 10.4. The van der Waals surface area contributed by atoms with E-state index in [4.69, 9.17) is 4.74 Å². The first kappa shape index (κ1) is 30.5. The van der Waals surface area contributed by atoms with Crippen LogP contribution in [0.15, 0.2) is 66.7 Å². The SMILES string of the molecule is CCOC1CCC(c2ccc(-c3cc(F)c(C(F)(F)Oc4ccc(-c5ccc(F)c(F)c5)c(F)c4)c(F)c3)c(F)c2)CC1. The van der Waals surface area contributed by atoms with Crippen LogP contribution in [0.2, 0.25) is 0 Å². The van der Waals surface area contributed by atoms with Crippen LogP contribution in [0, 0.1) is 34.9 Å². The van der Waals surface area contributed by atoms with Gasteiger partial charge in [0.15, 0.2) is 11.6 Å². The minimum atomic E-state index is -4.59. The Morgan fingerprint density at radius 2 is 1.23 bits per heavy atom. The topological polar surface area (TPSA) is 18.5 Å². The van der Waals surface area contributed by atoms with Crippen molar-refractivity contribution in [1.82, 2.24) is 0 Å². The molecule has 0 radical (unpaired) electrons. The van der Waals surface area contributed by atoms with Crippen LogP contribution in [0.25, 0.3) is 22.3 Å². The number of hydrogen-bond acceptors (Lipinski definition) is 2. The summed E-state index contributed by atoms with van der Waals surface area (Å²) in [6.45, 7) is 2.55. The molecule has 0 aliphatic heterocycles. The van der Waals surface area contributed by atoms with E-state index in [1.807, 2.05) is 6.92 Å². The molecule has 0 N–H and O–H groups in total. The first-order chi connectivity index (χ1) is 20.5. The average molecular weight is 607 g/mol. The van der Waals surface area contributed by atoms with Gasteiger partial charge >= 0.3 is 6.11 Å². The van der Waals surface area contributed by atoms with Crippen LogP contribution in [0.1, 0.15) is 49.7 Å². The van der Waals surface area contributed by atoms with E-state index in [1.54, 1.807) is 6.07 Å².